The van der Waals surface area contributed by atoms with E-state index in [4.69, 9.17) is 0 Å². The molecule has 1 aliphatic heterocycles. The lowest BCUT2D eigenvalue weighted by atomic mass is 9.83. The number of rotatable bonds is 4. The van der Waals surface area contributed by atoms with Crippen molar-refractivity contribution < 1.29 is 8.42 Å². The molecule has 3 nitrogen and oxygen atoms in total. The van der Waals surface area contributed by atoms with Gasteiger partial charge in [-0.15, -0.1) is 0 Å². The first kappa shape index (κ1) is 14.1. The van der Waals surface area contributed by atoms with Gasteiger partial charge in [0.1, 0.15) is 0 Å². The molecule has 20 heavy (non-hydrogen) atoms. The van der Waals surface area contributed by atoms with Crippen LogP contribution in [0.2, 0.25) is 0 Å². The van der Waals surface area contributed by atoms with E-state index in [9.17, 15) is 8.42 Å². The van der Waals surface area contributed by atoms with Crippen LogP contribution in [-0.4, -0.2) is 20.7 Å². The SMILES string of the molecule is CCC1(CNC2CS(=O)(=O)c3ccccc32)CCCC1. The number of hydrogen-bond acceptors (Lipinski definition) is 3. The molecule has 1 atom stereocenters. The van der Waals surface area contributed by atoms with Crippen molar-refractivity contribution in [1.29, 1.82) is 0 Å². The molecule has 0 radical (unpaired) electrons. The van der Waals surface area contributed by atoms with Crippen LogP contribution in [0.3, 0.4) is 0 Å². The van der Waals surface area contributed by atoms with Gasteiger partial charge in [-0.1, -0.05) is 38.0 Å². The van der Waals surface area contributed by atoms with Crippen molar-refractivity contribution in [3.8, 4) is 0 Å². The Morgan fingerprint density at radius 3 is 2.65 bits per heavy atom. The highest BCUT2D eigenvalue weighted by molar-refractivity contribution is 7.91. The number of fused-ring (bicyclic) bond motifs is 1. The van der Waals surface area contributed by atoms with E-state index >= 15 is 0 Å². The molecule has 1 saturated carbocycles. The molecule has 1 aliphatic carbocycles. The van der Waals surface area contributed by atoms with Crippen LogP contribution in [0.5, 0.6) is 0 Å². The van der Waals surface area contributed by atoms with Gasteiger partial charge in [-0.3, -0.25) is 0 Å². The third-order valence-corrected chi connectivity index (χ3v) is 6.97. The highest BCUT2D eigenvalue weighted by Crippen LogP contribution is 2.41. The number of benzene rings is 1. The molecular weight excluding hydrogens is 270 g/mol. The van der Waals surface area contributed by atoms with Gasteiger partial charge >= 0.3 is 0 Å². The Balaban J connectivity index is 1.77. The molecule has 0 aromatic heterocycles. The highest BCUT2D eigenvalue weighted by Gasteiger charge is 2.37. The summed E-state index contributed by atoms with van der Waals surface area (Å²) in [5, 5.41) is 3.55. The van der Waals surface area contributed by atoms with E-state index in [0.717, 1.165) is 12.1 Å². The number of sulfone groups is 1. The molecule has 1 unspecified atom stereocenters. The fraction of sp³-hybridized carbons (Fsp3) is 0.625. The highest BCUT2D eigenvalue weighted by atomic mass is 32.2. The average molecular weight is 293 g/mol. The predicted molar refractivity (Wildman–Crippen MR) is 80.4 cm³/mol. The van der Waals surface area contributed by atoms with Gasteiger partial charge in [0, 0.05) is 12.6 Å². The Morgan fingerprint density at radius 2 is 1.95 bits per heavy atom. The normalized spacial score (nSPS) is 26.6. The fourth-order valence-corrected chi connectivity index (χ4v) is 5.51. The Bertz CT molecular complexity index is 588. The third-order valence-electron chi connectivity index (χ3n) is 5.15. The maximum Gasteiger partial charge on any atom is 0.180 e. The van der Waals surface area contributed by atoms with Crippen LogP contribution >= 0.6 is 0 Å². The minimum absolute atomic E-state index is 0.0276. The molecule has 0 bridgehead atoms. The van der Waals surface area contributed by atoms with Crippen molar-refractivity contribution in [3.63, 3.8) is 0 Å². The molecule has 1 heterocycles. The topological polar surface area (TPSA) is 46.2 Å². The lowest BCUT2D eigenvalue weighted by Crippen LogP contribution is -2.34. The van der Waals surface area contributed by atoms with Crippen molar-refractivity contribution in [3.05, 3.63) is 29.8 Å². The molecule has 1 N–H and O–H groups in total. The minimum atomic E-state index is -3.09. The van der Waals surface area contributed by atoms with Gasteiger partial charge in [0.2, 0.25) is 0 Å². The van der Waals surface area contributed by atoms with Crippen molar-refractivity contribution in [2.75, 3.05) is 12.3 Å². The van der Waals surface area contributed by atoms with Crippen LogP contribution in [0.4, 0.5) is 0 Å². The average Bonchev–Trinajstić information content (AvgIpc) is 3.01. The second kappa shape index (κ2) is 5.15. The molecule has 0 amide bonds. The first-order valence-corrected chi connectivity index (χ1v) is 9.27. The zero-order valence-corrected chi connectivity index (χ0v) is 12.9. The summed E-state index contributed by atoms with van der Waals surface area (Å²) in [4.78, 5) is 0.523. The summed E-state index contributed by atoms with van der Waals surface area (Å²) in [6.07, 6.45) is 6.36. The van der Waals surface area contributed by atoms with Crippen molar-refractivity contribution in [2.45, 2.75) is 50.0 Å². The van der Waals surface area contributed by atoms with Gasteiger partial charge in [0.25, 0.3) is 0 Å². The fourth-order valence-electron chi connectivity index (χ4n) is 3.74. The van der Waals surface area contributed by atoms with Crippen molar-refractivity contribution in [1.82, 2.24) is 5.32 Å². The van der Waals surface area contributed by atoms with Crippen LogP contribution in [-0.2, 0) is 9.84 Å². The van der Waals surface area contributed by atoms with Gasteiger partial charge in [0.05, 0.1) is 10.6 Å². The molecule has 1 aromatic carbocycles. The van der Waals surface area contributed by atoms with Crippen LogP contribution in [0.15, 0.2) is 29.2 Å². The van der Waals surface area contributed by atoms with E-state index in [1.165, 1.54) is 32.1 Å². The van der Waals surface area contributed by atoms with Gasteiger partial charge in [-0.25, -0.2) is 8.42 Å². The van der Waals surface area contributed by atoms with Crippen LogP contribution in [0.25, 0.3) is 0 Å². The molecule has 0 spiro atoms. The molecule has 0 saturated heterocycles. The zero-order chi connectivity index (χ0) is 14.2. The van der Waals surface area contributed by atoms with E-state index < -0.39 is 9.84 Å². The molecule has 3 rings (SSSR count). The number of hydrogen-bond donors (Lipinski definition) is 1. The van der Waals surface area contributed by atoms with Gasteiger partial charge in [-0.2, -0.15) is 0 Å². The van der Waals surface area contributed by atoms with Crippen molar-refractivity contribution >= 4 is 9.84 Å². The number of nitrogens with one attached hydrogen (secondary N) is 1. The second-order valence-electron chi connectivity index (χ2n) is 6.31. The van der Waals surface area contributed by atoms with Crippen LogP contribution in [0, 0.1) is 5.41 Å². The smallest absolute Gasteiger partial charge is 0.180 e. The summed E-state index contributed by atoms with van der Waals surface area (Å²) in [5.74, 6) is 0.214. The van der Waals surface area contributed by atoms with Crippen LogP contribution < -0.4 is 5.32 Å². The molecule has 1 aromatic rings. The monoisotopic (exact) mass is 293 g/mol. The largest absolute Gasteiger partial charge is 0.308 e. The van der Waals surface area contributed by atoms with Gasteiger partial charge in [0.15, 0.2) is 9.84 Å². The van der Waals surface area contributed by atoms with Crippen LogP contribution in [0.1, 0.15) is 50.6 Å². The minimum Gasteiger partial charge on any atom is -0.308 e. The Kier molecular flexibility index (Phi) is 3.63. The quantitative estimate of drug-likeness (QED) is 0.928. The predicted octanol–water partition coefficient (Wildman–Crippen LogP) is 3.08. The van der Waals surface area contributed by atoms with E-state index in [1.807, 2.05) is 18.2 Å². The summed E-state index contributed by atoms with van der Waals surface area (Å²) < 4.78 is 24.3. The Hall–Kier alpha value is -0.870. The molecule has 2 aliphatic rings. The molecule has 1 fully saturated rings. The van der Waals surface area contributed by atoms with E-state index in [1.54, 1.807) is 6.07 Å². The van der Waals surface area contributed by atoms with Gasteiger partial charge in [-0.05, 0) is 36.3 Å². The standard InChI is InChI=1S/C16H23NO2S/c1-2-16(9-5-6-10-16)12-17-14-11-20(18,19)15-8-4-3-7-13(14)15/h3-4,7-8,14,17H,2,5-6,9-12H2,1H3. The summed E-state index contributed by atoms with van der Waals surface area (Å²) >= 11 is 0. The maximum atomic E-state index is 12.2. The summed E-state index contributed by atoms with van der Waals surface area (Å²) in [6.45, 7) is 3.20. The third kappa shape index (κ3) is 2.40. The van der Waals surface area contributed by atoms with E-state index in [-0.39, 0.29) is 11.8 Å². The summed E-state index contributed by atoms with van der Waals surface area (Å²) in [7, 11) is -3.09. The molecule has 110 valence electrons. The first-order chi connectivity index (χ1) is 9.56. The van der Waals surface area contributed by atoms with Gasteiger partial charge < -0.3 is 5.32 Å². The summed E-state index contributed by atoms with van der Waals surface area (Å²) in [5.41, 5.74) is 1.35. The first-order valence-electron chi connectivity index (χ1n) is 7.61. The summed E-state index contributed by atoms with van der Waals surface area (Å²) in [6, 6.07) is 7.39. The van der Waals surface area contributed by atoms with E-state index in [2.05, 4.69) is 12.2 Å². The maximum absolute atomic E-state index is 12.2. The second-order valence-corrected chi connectivity index (χ2v) is 8.32. The molecular formula is C16H23NO2S. The lowest BCUT2D eigenvalue weighted by molar-refractivity contribution is 0.259. The lowest BCUT2D eigenvalue weighted by Gasteiger charge is -2.29. The Labute approximate surface area is 121 Å². The zero-order valence-electron chi connectivity index (χ0n) is 12.1. The molecule has 4 heteroatoms. The van der Waals surface area contributed by atoms with Crippen molar-refractivity contribution in [2.24, 2.45) is 5.41 Å². The van der Waals surface area contributed by atoms with E-state index in [0.29, 0.717) is 10.3 Å². The Morgan fingerprint density at radius 1 is 1.25 bits per heavy atom.